The second-order valence-corrected chi connectivity index (χ2v) is 9.63. The first-order chi connectivity index (χ1) is 13.6. The molecule has 4 rings (SSSR count). The number of amides is 2. The van der Waals surface area contributed by atoms with Gasteiger partial charge >= 0.3 is 0 Å². The summed E-state index contributed by atoms with van der Waals surface area (Å²) in [6, 6.07) is 8.24. The fraction of sp³-hybridized carbons (Fsp3) is 0.500. The van der Waals surface area contributed by atoms with E-state index in [9.17, 15) is 9.59 Å². The number of hydrogen-bond acceptors (Lipinski definition) is 6. The number of nitrogens with one attached hydrogen (secondary N) is 1. The molecule has 1 N–H and O–H groups in total. The molecule has 1 fully saturated rings. The van der Waals surface area contributed by atoms with E-state index in [0.717, 1.165) is 37.8 Å². The van der Waals surface area contributed by atoms with Crippen molar-refractivity contribution in [1.29, 1.82) is 0 Å². The van der Waals surface area contributed by atoms with E-state index in [4.69, 9.17) is 0 Å². The van der Waals surface area contributed by atoms with Gasteiger partial charge in [0.15, 0.2) is 4.34 Å². The fourth-order valence-electron chi connectivity index (χ4n) is 4.03. The largest absolute Gasteiger partial charge is 0.308 e. The normalized spacial score (nSPS) is 19.5. The van der Waals surface area contributed by atoms with Gasteiger partial charge in [0.1, 0.15) is 0 Å². The van der Waals surface area contributed by atoms with Crippen LogP contribution < -0.4 is 10.2 Å². The van der Waals surface area contributed by atoms with E-state index in [0.29, 0.717) is 15.2 Å². The molecule has 1 aromatic carbocycles. The van der Waals surface area contributed by atoms with Gasteiger partial charge in [0, 0.05) is 17.6 Å². The third kappa shape index (κ3) is 4.22. The minimum Gasteiger partial charge on any atom is -0.308 e. The van der Waals surface area contributed by atoms with Gasteiger partial charge in [-0.1, -0.05) is 60.6 Å². The maximum atomic E-state index is 12.8. The molecule has 2 heterocycles. The van der Waals surface area contributed by atoms with Gasteiger partial charge in [-0.15, -0.1) is 10.2 Å². The Morgan fingerprint density at radius 2 is 2.00 bits per heavy atom. The van der Waals surface area contributed by atoms with Gasteiger partial charge in [0.25, 0.3) is 0 Å². The lowest BCUT2D eigenvalue weighted by molar-refractivity contribution is -0.120. The highest BCUT2D eigenvalue weighted by Gasteiger charge is 2.30. The summed E-state index contributed by atoms with van der Waals surface area (Å²) in [6.07, 6.45) is 6.26. The highest BCUT2D eigenvalue weighted by atomic mass is 32.2. The summed E-state index contributed by atoms with van der Waals surface area (Å²) in [6.45, 7) is 2.08. The molecule has 148 valence electrons. The van der Waals surface area contributed by atoms with Gasteiger partial charge < -0.3 is 10.2 Å². The molecule has 1 aliphatic carbocycles. The highest BCUT2D eigenvalue weighted by molar-refractivity contribution is 8.01. The lowest BCUT2D eigenvalue weighted by atomic mass is 9.89. The maximum absolute atomic E-state index is 12.8. The van der Waals surface area contributed by atoms with Crippen LogP contribution >= 0.6 is 23.1 Å². The summed E-state index contributed by atoms with van der Waals surface area (Å²) in [5.41, 5.74) is 2.23. The monoisotopic (exact) mass is 416 g/mol. The van der Waals surface area contributed by atoms with Crippen molar-refractivity contribution in [2.45, 2.75) is 55.8 Å². The Kier molecular flexibility index (Phi) is 5.96. The van der Waals surface area contributed by atoms with Crippen LogP contribution in [0.15, 0.2) is 28.6 Å². The molecule has 6 nitrogen and oxygen atoms in total. The Bertz CT molecular complexity index is 863. The first-order valence-electron chi connectivity index (χ1n) is 9.79. The smallest absolute Gasteiger partial charge is 0.237 e. The molecule has 1 saturated carbocycles. The second kappa shape index (κ2) is 8.61. The number of rotatable bonds is 5. The fourth-order valence-corrected chi connectivity index (χ4v) is 5.64. The van der Waals surface area contributed by atoms with E-state index in [-0.39, 0.29) is 23.8 Å². The van der Waals surface area contributed by atoms with Crippen molar-refractivity contribution in [1.82, 2.24) is 10.2 Å². The van der Waals surface area contributed by atoms with Crippen LogP contribution in [0.5, 0.6) is 0 Å². The van der Waals surface area contributed by atoms with Crippen LogP contribution in [-0.4, -0.2) is 33.8 Å². The van der Waals surface area contributed by atoms with Crippen molar-refractivity contribution in [3.63, 3.8) is 0 Å². The van der Waals surface area contributed by atoms with Crippen LogP contribution in [0.4, 0.5) is 10.8 Å². The summed E-state index contributed by atoms with van der Waals surface area (Å²) in [7, 11) is 0. The first-order valence-corrected chi connectivity index (χ1v) is 11.6. The number of benzene rings is 1. The Hall–Kier alpha value is -1.93. The number of carbonyl (C=O) groups is 2. The molecule has 2 aliphatic rings. The Morgan fingerprint density at radius 3 is 2.82 bits per heavy atom. The maximum Gasteiger partial charge on any atom is 0.237 e. The summed E-state index contributed by atoms with van der Waals surface area (Å²) in [5.74, 6) is 0.521. The standard InChI is InChI=1S/C20H24N4O2S2/c1-13-11-15-9-5-6-10-16(15)24(13)17(25)12-27-20-23-22-19(28-20)21-18(26)14-7-3-2-4-8-14/h5-6,9-10,13-14H,2-4,7-8,11-12H2,1H3,(H,21,22,26)/t13-/m0/s1. The van der Waals surface area contributed by atoms with Gasteiger partial charge in [0.2, 0.25) is 16.9 Å². The molecule has 2 aromatic rings. The molecule has 0 bridgehead atoms. The van der Waals surface area contributed by atoms with Gasteiger partial charge in [-0.05, 0) is 37.8 Å². The lowest BCUT2D eigenvalue weighted by Gasteiger charge is -2.22. The van der Waals surface area contributed by atoms with Gasteiger partial charge in [-0.25, -0.2) is 0 Å². The van der Waals surface area contributed by atoms with Crippen molar-refractivity contribution in [2.75, 3.05) is 16.0 Å². The van der Waals surface area contributed by atoms with E-state index < -0.39 is 0 Å². The van der Waals surface area contributed by atoms with Gasteiger partial charge in [-0.3, -0.25) is 9.59 Å². The number of thioether (sulfide) groups is 1. The molecule has 28 heavy (non-hydrogen) atoms. The summed E-state index contributed by atoms with van der Waals surface area (Å²) in [5, 5.41) is 11.6. The van der Waals surface area contributed by atoms with E-state index in [1.165, 1.54) is 35.1 Å². The molecule has 2 amide bonds. The van der Waals surface area contributed by atoms with E-state index in [2.05, 4.69) is 28.5 Å². The third-order valence-corrected chi connectivity index (χ3v) is 7.36. The molecule has 1 aromatic heterocycles. The molecule has 0 saturated heterocycles. The van der Waals surface area contributed by atoms with E-state index in [1.807, 2.05) is 23.1 Å². The SMILES string of the molecule is C[C@H]1Cc2ccccc2N1C(=O)CSc1nnc(NC(=O)C2CCCCC2)s1. The van der Waals surface area contributed by atoms with Crippen LogP contribution in [0, 0.1) is 5.92 Å². The summed E-state index contributed by atoms with van der Waals surface area (Å²) < 4.78 is 0.701. The molecular formula is C20H24N4O2S2. The number of aromatic nitrogens is 2. The molecule has 8 heteroatoms. The minimum absolute atomic E-state index is 0.0472. The molecule has 0 spiro atoms. The molecule has 0 unspecified atom stereocenters. The predicted octanol–water partition coefficient (Wildman–Crippen LogP) is 4.13. The van der Waals surface area contributed by atoms with Crippen LogP contribution in [-0.2, 0) is 16.0 Å². The number of fused-ring (bicyclic) bond motifs is 1. The zero-order chi connectivity index (χ0) is 19.5. The van der Waals surface area contributed by atoms with Crippen LogP contribution in [0.3, 0.4) is 0 Å². The first kappa shape index (κ1) is 19.4. The van der Waals surface area contributed by atoms with Crippen molar-refractivity contribution in [2.24, 2.45) is 5.92 Å². The predicted molar refractivity (Wildman–Crippen MR) is 113 cm³/mol. The van der Waals surface area contributed by atoms with E-state index >= 15 is 0 Å². The molecule has 0 radical (unpaired) electrons. The number of nitrogens with zero attached hydrogens (tertiary/aromatic N) is 3. The van der Waals surface area contributed by atoms with Crippen molar-refractivity contribution in [3.05, 3.63) is 29.8 Å². The third-order valence-electron chi connectivity index (χ3n) is 5.41. The average molecular weight is 417 g/mol. The van der Waals surface area contributed by atoms with Crippen LogP contribution in [0.25, 0.3) is 0 Å². The van der Waals surface area contributed by atoms with Crippen LogP contribution in [0.2, 0.25) is 0 Å². The quantitative estimate of drug-likeness (QED) is 0.586. The Morgan fingerprint density at radius 1 is 1.21 bits per heavy atom. The highest BCUT2D eigenvalue weighted by Crippen LogP contribution is 2.33. The van der Waals surface area contributed by atoms with Crippen molar-refractivity contribution < 1.29 is 9.59 Å². The number of anilines is 2. The number of para-hydroxylation sites is 1. The lowest BCUT2D eigenvalue weighted by Crippen LogP contribution is -2.36. The zero-order valence-electron chi connectivity index (χ0n) is 15.9. The van der Waals surface area contributed by atoms with Crippen LogP contribution in [0.1, 0.15) is 44.6 Å². The number of hydrogen-bond donors (Lipinski definition) is 1. The van der Waals surface area contributed by atoms with Gasteiger partial charge in [0.05, 0.1) is 5.75 Å². The summed E-state index contributed by atoms with van der Waals surface area (Å²) in [4.78, 5) is 27.0. The molecule has 1 atom stereocenters. The van der Waals surface area contributed by atoms with Crippen molar-refractivity contribution >= 4 is 45.7 Å². The number of carbonyl (C=O) groups excluding carboxylic acids is 2. The molecule has 1 aliphatic heterocycles. The summed E-state index contributed by atoms with van der Waals surface area (Å²) >= 11 is 2.71. The van der Waals surface area contributed by atoms with Crippen molar-refractivity contribution in [3.8, 4) is 0 Å². The Labute approximate surface area is 173 Å². The average Bonchev–Trinajstić information content (AvgIpc) is 3.29. The van der Waals surface area contributed by atoms with E-state index in [1.54, 1.807) is 0 Å². The Balaban J connectivity index is 1.32. The topological polar surface area (TPSA) is 75.2 Å². The zero-order valence-corrected chi connectivity index (χ0v) is 17.5. The van der Waals surface area contributed by atoms with Gasteiger partial charge in [-0.2, -0.15) is 0 Å². The minimum atomic E-state index is 0.0472. The second-order valence-electron chi connectivity index (χ2n) is 7.43. The molecular weight excluding hydrogens is 392 g/mol.